The van der Waals surface area contributed by atoms with Crippen molar-refractivity contribution in [3.05, 3.63) is 24.8 Å². The van der Waals surface area contributed by atoms with E-state index in [0.29, 0.717) is 0 Å². The van der Waals surface area contributed by atoms with Crippen molar-refractivity contribution in [1.82, 2.24) is 0 Å². The van der Waals surface area contributed by atoms with Gasteiger partial charge in [-0.15, -0.1) is 0 Å². The number of rotatable bonds is 4. The van der Waals surface area contributed by atoms with E-state index in [1.54, 1.807) is 0 Å². The van der Waals surface area contributed by atoms with Crippen molar-refractivity contribution in [1.29, 1.82) is 0 Å². The molecule has 1 heteroatoms. The van der Waals surface area contributed by atoms with Gasteiger partial charge in [0.25, 0.3) is 0 Å². The van der Waals surface area contributed by atoms with E-state index >= 15 is 0 Å². The monoisotopic (exact) mass is 305 g/mol. The molecule has 0 spiro atoms. The van der Waals surface area contributed by atoms with Crippen LogP contribution in [-0.4, -0.2) is 0 Å². The van der Waals surface area contributed by atoms with Crippen LogP contribution in [0.25, 0.3) is 0 Å². The van der Waals surface area contributed by atoms with Crippen molar-refractivity contribution in [3.8, 4) is 0 Å². The van der Waals surface area contributed by atoms with Gasteiger partial charge in [0, 0.05) is 21.1 Å². The fraction of sp³-hybridized carbons (Fsp3) is 0.500. The summed E-state index contributed by atoms with van der Waals surface area (Å²) in [6.45, 7) is 5.77. The largest absolute Gasteiger partial charge is 0.0991 e. The number of allylic oxidation sites excluding steroid dienone is 3. The Morgan fingerprint density at radius 2 is 2.11 bits per heavy atom. The zero-order chi connectivity index (χ0) is 6.24. The topological polar surface area (TPSA) is 0 Å². The third kappa shape index (κ3) is 11.6. The van der Waals surface area contributed by atoms with Crippen molar-refractivity contribution in [3.63, 3.8) is 0 Å². The summed E-state index contributed by atoms with van der Waals surface area (Å²) in [5.74, 6) is 0. The molecule has 0 aromatic carbocycles. The van der Waals surface area contributed by atoms with E-state index in [0.717, 1.165) is 0 Å². The molecule has 0 unspecified atom stereocenters. The summed E-state index contributed by atoms with van der Waals surface area (Å²) in [6, 6.07) is 0. The summed E-state index contributed by atoms with van der Waals surface area (Å²) in [4.78, 5) is 0. The number of hydrogen-bond donors (Lipinski definition) is 0. The molecule has 0 radical (unpaired) electrons. The van der Waals surface area contributed by atoms with Gasteiger partial charge in [-0.1, -0.05) is 44.6 Å². The molecule has 0 nitrogen and oxygen atoms in total. The summed E-state index contributed by atoms with van der Waals surface area (Å²) < 4.78 is 0. The first kappa shape index (κ1) is 11.9. The van der Waals surface area contributed by atoms with E-state index < -0.39 is 0 Å². The molecule has 9 heavy (non-hydrogen) atoms. The number of hydrogen-bond acceptors (Lipinski definition) is 0. The van der Waals surface area contributed by atoms with E-state index in [1.807, 2.05) is 12.2 Å². The predicted molar refractivity (Wildman–Crippen MR) is 38.9 cm³/mol. The normalized spacial score (nSPS) is 9.00. The van der Waals surface area contributed by atoms with E-state index in [2.05, 4.69) is 19.6 Å². The van der Waals surface area contributed by atoms with Crippen molar-refractivity contribution in [2.75, 3.05) is 0 Å². The Kier molecular flexibility index (Phi) is 14.6. The quantitative estimate of drug-likeness (QED) is 0.553. The maximum Gasteiger partial charge on any atom is 0 e. The smallest absolute Gasteiger partial charge is 0 e. The van der Waals surface area contributed by atoms with Crippen LogP contribution < -0.4 is 0 Å². The second kappa shape index (κ2) is 11.0. The van der Waals surface area contributed by atoms with E-state index in [4.69, 9.17) is 0 Å². The molecule has 0 aliphatic rings. The average molecular weight is 305 g/mol. The minimum atomic E-state index is 0. The molecule has 0 heterocycles. The molecular formula is C8H14Pt. The second-order valence-electron chi connectivity index (χ2n) is 1.81. The second-order valence-corrected chi connectivity index (χ2v) is 1.81. The SMILES string of the molecule is C=CC=CCCCC.[Pt]. The summed E-state index contributed by atoms with van der Waals surface area (Å²) >= 11 is 0. The number of unbranched alkanes of at least 4 members (excludes halogenated alkanes) is 2. The van der Waals surface area contributed by atoms with Crippen molar-refractivity contribution in [2.24, 2.45) is 0 Å². The molecule has 0 bridgehead atoms. The van der Waals surface area contributed by atoms with Crippen LogP contribution in [0, 0.1) is 0 Å². The molecule has 0 aromatic heterocycles. The first-order valence-corrected chi connectivity index (χ1v) is 3.19. The van der Waals surface area contributed by atoms with Crippen LogP contribution in [0.2, 0.25) is 0 Å². The van der Waals surface area contributed by atoms with Gasteiger partial charge in [-0.25, -0.2) is 0 Å². The molecule has 0 N–H and O–H groups in total. The Labute approximate surface area is 72.3 Å². The van der Waals surface area contributed by atoms with Gasteiger partial charge in [0.2, 0.25) is 0 Å². The molecule has 0 saturated carbocycles. The summed E-state index contributed by atoms with van der Waals surface area (Å²) in [5, 5.41) is 0. The standard InChI is InChI=1S/C8H14.Pt/c1-3-5-7-8-6-4-2;/h3,5,7H,1,4,6,8H2,2H3;. The van der Waals surface area contributed by atoms with Gasteiger partial charge in [0.15, 0.2) is 0 Å². The van der Waals surface area contributed by atoms with E-state index in [9.17, 15) is 0 Å². The first-order chi connectivity index (χ1) is 3.91. The summed E-state index contributed by atoms with van der Waals surface area (Å²) in [6.07, 6.45) is 9.73. The van der Waals surface area contributed by atoms with Gasteiger partial charge in [-0.2, -0.15) is 0 Å². The van der Waals surface area contributed by atoms with Crippen LogP contribution in [0.3, 0.4) is 0 Å². The van der Waals surface area contributed by atoms with Crippen molar-refractivity contribution < 1.29 is 21.1 Å². The van der Waals surface area contributed by atoms with Crippen molar-refractivity contribution >= 4 is 0 Å². The van der Waals surface area contributed by atoms with Gasteiger partial charge in [0.05, 0.1) is 0 Å². The molecule has 0 fully saturated rings. The Morgan fingerprint density at radius 3 is 2.56 bits per heavy atom. The molecule has 0 atom stereocenters. The fourth-order valence-electron chi connectivity index (χ4n) is 0.514. The molecule has 0 aliphatic carbocycles. The zero-order valence-electron chi connectivity index (χ0n) is 5.88. The molecule has 0 rings (SSSR count). The molecule has 0 saturated heterocycles. The zero-order valence-corrected chi connectivity index (χ0v) is 8.15. The minimum absolute atomic E-state index is 0. The van der Waals surface area contributed by atoms with E-state index in [1.165, 1.54) is 19.3 Å². The molecule has 0 amide bonds. The summed E-state index contributed by atoms with van der Waals surface area (Å²) in [7, 11) is 0. The Hall–Kier alpha value is 0.168. The maximum absolute atomic E-state index is 3.57. The van der Waals surface area contributed by atoms with Crippen LogP contribution in [0.4, 0.5) is 0 Å². The third-order valence-electron chi connectivity index (χ3n) is 0.997. The Balaban J connectivity index is 0. The Bertz CT molecular complexity index is 74.6. The van der Waals surface area contributed by atoms with Gasteiger partial charge in [-0.05, 0) is 6.42 Å². The molecular weight excluding hydrogens is 291 g/mol. The molecule has 0 aliphatic heterocycles. The van der Waals surface area contributed by atoms with Crippen LogP contribution in [-0.2, 0) is 21.1 Å². The van der Waals surface area contributed by atoms with E-state index in [-0.39, 0.29) is 21.1 Å². The molecule has 56 valence electrons. The minimum Gasteiger partial charge on any atom is -0.0991 e. The Morgan fingerprint density at radius 1 is 1.44 bits per heavy atom. The maximum atomic E-state index is 3.57. The van der Waals surface area contributed by atoms with Crippen LogP contribution in [0.1, 0.15) is 26.2 Å². The van der Waals surface area contributed by atoms with Gasteiger partial charge >= 0.3 is 0 Å². The van der Waals surface area contributed by atoms with Gasteiger partial charge < -0.3 is 0 Å². The van der Waals surface area contributed by atoms with Crippen LogP contribution in [0.15, 0.2) is 24.8 Å². The van der Waals surface area contributed by atoms with Crippen LogP contribution in [0.5, 0.6) is 0 Å². The fourth-order valence-corrected chi connectivity index (χ4v) is 0.514. The average Bonchev–Trinajstić information content (AvgIpc) is 1.81. The van der Waals surface area contributed by atoms with Gasteiger partial charge in [0.1, 0.15) is 0 Å². The van der Waals surface area contributed by atoms with Crippen LogP contribution >= 0.6 is 0 Å². The van der Waals surface area contributed by atoms with Crippen molar-refractivity contribution in [2.45, 2.75) is 26.2 Å². The predicted octanol–water partition coefficient (Wildman–Crippen LogP) is 2.92. The first-order valence-electron chi connectivity index (χ1n) is 3.19. The third-order valence-corrected chi connectivity index (χ3v) is 0.997. The summed E-state index contributed by atoms with van der Waals surface area (Å²) in [5.41, 5.74) is 0. The van der Waals surface area contributed by atoms with Gasteiger partial charge in [-0.3, -0.25) is 0 Å². The molecule has 0 aromatic rings.